The van der Waals surface area contributed by atoms with Gasteiger partial charge < -0.3 is 14.7 Å². The summed E-state index contributed by atoms with van der Waals surface area (Å²) in [5, 5.41) is 9.86. The third kappa shape index (κ3) is 3.90. The minimum absolute atomic E-state index is 0.161. The van der Waals surface area contributed by atoms with Gasteiger partial charge in [-0.05, 0) is 72.3 Å². The molecule has 0 spiro atoms. The maximum Gasteiger partial charge on any atom is 0.410 e. The van der Waals surface area contributed by atoms with Gasteiger partial charge in [0, 0.05) is 13.1 Å². The fourth-order valence-electron chi connectivity index (χ4n) is 2.56. The molecule has 1 amide bonds. The zero-order valence-corrected chi connectivity index (χ0v) is 14.5. The molecule has 1 atom stereocenters. The number of phenolic OH excluding ortho intramolecular Hbond substituents is 1. The lowest BCUT2D eigenvalue weighted by atomic mass is 9.95. The minimum Gasteiger partial charge on any atom is -0.507 e. The average Bonchev–Trinajstić information content (AvgIpc) is 2.49. The van der Waals surface area contributed by atoms with Crippen LogP contribution in [-0.2, 0) is 11.2 Å². The van der Waals surface area contributed by atoms with Crippen molar-refractivity contribution < 1.29 is 14.6 Å². The summed E-state index contributed by atoms with van der Waals surface area (Å²) < 4.78 is 6.15. The molecular weight excluding hydrogens is 334 g/mol. The van der Waals surface area contributed by atoms with Crippen LogP contribution in [0, 0.1) is 0 Å². The number of carbonyl (C=O) groups excluding carboxylic acids is 1. The molecule has 1 aromatic carbocycles. The van der Waals surface area contributed by atoms with Gasteiger partial charge in [-0.2, -0.15) is 0 Å². The van der Waals surface area contributed by atoms with Crippen LogP contribution in [0.4, 0.5) is 4.79 Å². The van der Waals surface area contributed by atoms with Gasteiger partial charge in [-0.3, -0.25) is 0 Å². The number of nitrogens with zero attached hydrogens (tertiary/aromatic N) is 1. The third-order valence-electron chi connectivity index (χ3n) is 3.54. The summed E-state index contributed by atoms with van der Waals surface area (Å²) in [6.07, 6.45) is 0.489. The Morgan fingerprint density at radius 1 is 1.43 bits per heavy atom. The van der Waals surface area contributed by atoms with Crippen LogP contribution < -0.4 is 0 Å². The van der Waals surface area contributed by atoms with Crippen molar-refractivity contribution in [3.8, 4) is 5.75 Å². The summed E-state index contributed by atoms with van der Waals surface area (Å²) in [5.41, 5.74) is 1.78. The van der Waals surface area contributed by atoms with Crippen molar-refractivity contribution >= 4 is 22.0 Å². The zero-order valence-electron chi connectivity index (χ0n) is 12.9. The van der Waals surface area contributed by atoms with Gasteiger partial charge in [0.2, 0.25) is 0 Å². The minimum atomic E-state index is -0.485. The number of hydrogen-bond donors (Lipinski definition) is 1. The van der Waals surface area contributed by atoms with Gasteiger partial charge in [-0.1, -0.05) is 6.92 Å². The Labute approximate surface area is 134 Å². The fourth-order valence-corrected chi connectivity index (χ4v) is 2.95. The molecular formula is C16H22BrNO3. The number of phenols is 1. The molecule has 0 bridgehead atoms. The Morgan fingerprint density at radius 2 is 2.10 bits per heavy atom. The van der Waals surface area contributed by atoms with E-state index in [1.54, 1.807) is 11.0 Å². The lowest BCUT2D eigenvalue weighted by Crippen LogP contribution is -2.38. The normalized spacial score (nSPS) is 18.9. The van der Waals surface area contributed by atoms with Crippen LogP contribution in [0.2, 0.25) is 0 Å². The highest BCUT2D eigenvalue weighted by atomic mass is 79.9. The number of fused-ring (bicyclic) bond motifs is 1. The summed E-state index contributed by atoms with van der Waals surface area (Å²) in [7, 11) is 0. The number of halogens is 1. The summed E-state index contributed by atoms with van der Waals surface area (Å²) in [6, 6.07) is 3.74. The molecule has 1 unspecified atom stereocenters. The topological polar surface area (TPSA) is 49.8 Å². The number of hydrogen-bond acceptors (Lipinski definition) is 3. The van der Waals surface area contributed by atoms with Crippen LogP contribution >= 0.6 is 15.9 Å². The Hall–Kier alpha value is -1.23. The number of ether oxygens (including phenoxy) is 1. The van der Waals surface area contributed by atoms with Crippen LogP contribution in [-0.4, -0.2) is 34.8 Å². The van der Waals surface area contributed by atoms with Crippen molar-refractivity contribution in [1.82, 2.24) is 4.90 Å². The van der Waals surface area contributed by atoms with Gasteiger partial charge in [0.25, 0.3) is 0 Å². The summed E-state index contributed by atoms with van der Waals surface area (Å²) in [5.74, 6) is 0.403. The van der Waals surface area contributed by atoms with E-state index in [-0.39, 0.29) is 17.8 Å². The predicted octanol–water partition coefficient (Wildman–Crippen LogP) is 4.05. The van der Waals surface area contributed by atoms with Gasteiger partial charge in [-0.25, -0.2) is 4.79 Å². The monoisotopic (exact) mass is 355 g/mol. The third-order valence-corrected chi connectivity index (χ3v) is 4.17. The summed E-state index contributed by atoms with van der Waals surface area (Å²) in [4.78, 5) is 14.0. The highest BCUT2D eigenvalue weighted by molar-refractivity contribution is 9.10. The number of carbonyl (C=O) groups is 1. The Kier molecular flexibility index (Phi) is 4.51. The molecule has 0 saturated heterocycles. The van der Waals surface area contributed by atoms with Gasteiger partial charge >= 0.3 is 6.09 Å². The first kappa shape index (κ1) is 16.1. The van der Waals surface area contributed by atoms with E-state index in [1.165, 1.54) is 5.56 Å². The van der Waals surface area contributed by atoms with Crippen molar-refractivity contribution in [3.63, 3.8) is 0 Å². The SMILES string of the molecule is CC1CN(C(=O)OC(C)(C)C)CCc2cc(Br)c(O)cc21. The van der Waals surface area contributed by atoms with Crippen LogP contribution in [0.25, 0.3) is 0 Å². The average molecular weight is 356 g/mol. The summed E-state index contributed by atoms with van der Waals surface area (Å²) >= 11 is 3.35. The molecule has 1 aliphatic heterocycles. The molecule has 0 radical (unpaired) electrons. The second-order valence-electron chi connectivity index (χ2n) is 6.58. The van der Waals surface area contributed by atoms with Crippen molar-refractivity contribution in [2.24, 2.45) is 0 Å². The van der Waals surface area contributed by atoms with Gasteiger partial charge in [0.15, 0.2) is 0 Å². The molecule has 4 nitrogen and oxygen atoms in total. The second kappa shape index (κ2) is 5.87. The molecule has 1 heterocycles. The van der Waals surface area contributed by atoms with Crippen molar-refractivity contribution in [3.05, 3.63) is 27.7 Å². The zero-order chi connectivity index (χ0) is 15.8. The first-order valence-corrected chi connectivity index (χ1v) is 7.96. The number of benzene rings is 1. The standard InChI is InChI=1S/C16H22BrNO3/c1-10-9-18(15(20)21-16(2,3)4)6-5-11-7-13(17)14(19)8-12(10)11/h7-8,10,19H,5-6,9H2,1-4H3. The van der Waals surface area contributed by atoms with E-state index < -0.39 is 5.60 Å². The largest absolute Gasteiger partial charge is 0.507 e. The van der Waals surface area contributed by atoms with Crippen molar-refractivity contribution in [1.29, 1.82) is 0 Å². The van der Waals surface area contributed by atoms with E-state index in [2.05, 4.69) is 22.9 Å². The fraction of sp³-hybridized carbons (Fsp3) is 0.562. The second-order valence-corrected chi connectivity index (χ2v) is 7.43. The lowest BCUT2D eigenvalue weighted by molar-refractivity contribution is 0.0248. The number of amides is 1. The lowest BCUT2D eigenvalue weighted by Gasteiger charge is -2.27. The molecule has 116 valence electrons. The van der Waals surface area contributed by atoms with E-state index in [4.69, 9.17) is 4.74 Å². The first-order chi connectivity index (χ1) is 9.67. The molecule has 0 aromatic heterocycles. The van der Waals surface area contributed by atoms with Crippen LogP contribution in [0.5, 0.6) is 5.75 Å². The van der Waals surface area contributed by atoms with E-state index in [0.717, 1.165) is 12.0 Å². The molecule has 0 fully saturated rings. The number of aromatic hydroxyl groups is 1. The Balaban J connectivity index is 2.20. The van der Waals surface area contributed by atoms with E-state index in [9.17, 15) is 9.90 Å². The van der Waals surface area contributed by atoms with Gasteiger partial charge in [0.1, 0.15) is 11.4 Å². The molecule has 1 N–H and O–H groups in total. The van der Waals surface area contributed by atoms with E-state index in [0.29, 0.717) is 17.6 Å². The van der Waals surface area contributed by atoms with Gasteiger partial charge in [-0.15, -0.1) is 0 Å². The highest BCUT2D eigenvalue weighted by Crippen LogP contribution is 2.34. The molecule has 5 heteroatoms. The van der Waals surface area contributed by atoms with E-state index in [1.807, 2.05) is 26.8 Å². The van der Waals surface area contributed by atoms with E-state index >= 15 is 0 Å². The highest BCUT2D eigenvalue weighted by Gasteiger charge is 2.27. The molecule has 2 rings (SSSR count). The molecule has 0 saturated carbocycles. The quantitative estimate of drug-likeness (QED) is 0.763. The molecule has 1 aliphatic rings. The first-order valence-electron chi connectivity index (χ1n) is 7.16. The predicted molar refractivity (Wildman–Crippen MR) is 85.7 cm³/mol. The van der Waals surface area contributed by atoms with Crippen molar-refractivity contribution in [2.45, 2.75) is 45.6 Å². The van der Waals surface area contributed by atoms with Crippen LogP contribution in [0.15, 0.2) is 16.6 Å². The Morgan fingerprint density at radius 3 is 2.71 bits per heavy atom. The van der Waals surface area contributed by atoms with Gasteiger partial charge in [0.05, 0.1) is 4.47 Å². The van der Waals surface area contributed by atoms with Crippen molar-refractivity contribution in [2.75, 3.05) is 13.1 Å². The smallest absolute Gasteiger partial charge is 0.410 e. The summed E-state index contributed by atoms with van der Waals surface area (Å²) in [6.45, 7) is 8.91. The van der Waals surface area contributed by atoms with Crippen LogP contribution in [0.1, 0.15) is 44.7 Å². The Bertz CT molecular complexity index is 551. The molecule has 21 heavy (non-hydrogen) atoms. The number of rotatable bonds is 0. The maximum atomic E-state index is 12.2. The molecule has 1 aromatic rings. The molecule has 0 aliphatic carbocycles. The van der Waals surface area contributed by atoms with Crippen LogP contribution in [0.3, 0.4) is 0 Å². The maximum absolute atomic E-state index is 12.2.